The van der Waals surface area contributed by atoms with Crippen LogP contribution in [0.1, 0.15) is 5.56 Å². The Morgan fingerprint density at radius 2 is 1.46 bits per heavy atom. The van der Waals surface area contributed by atoms with E-state index in [1.54, 1.807) is 0 Å². The van der Waals surface area contributed by atoms with Crippen LogP contribution in [-0.2, 0) is 0 Å². The fourth-order valence-corrected chi connectivity index (χ4v) is 3.38. The van der Waals surface area contributed by atoms with E-state index in [0.717, 1.165) is 22.4 Å². The van der Waals surface area contributed by atoms with Gasteiger partial charge in [0, 0.05) is 17.1 Å². The third kappa shape index (κ3) is 2.37. The molecule has 0 aliphatic heterocycles. The third-order valence-electron chi connectivity index (χ3n) is 4.81. The van der Waals surface area contributed by atoms with Crippen LogP contribution in [0.3, 0.4) is 0 Å². The van der Waals surface area contributed by atoms with Crippen LogP contribution in [0.5, 0.6) is 0 Å². The van der Waals surface area contributed by atoms with E-state index in [1.807, 2.05) is 6.07 Å². The van der Waals surface area contributed by atoms with Crippen molar-refractivity contribution in [2.24, 2.45) is 0 Å². The molecule has 0 spiro atoms. The molecule has 3 nitrogen and oxygen atoms in total. The van der Waals surface area contributed by atoms with Crippen LogP contribution in [0.15, 0.2) is 85.1 Å². The van der Waals surface area contributed by atoms with Crippen molar-refractivity contribution in [3.8, 4) is 22.5 Å². The summed E-state index contributed by atoms with van der Waals surface area (Å²) in [5.74, 6) is 0.868. The molecule has 0 atom stereocenters. The maximum atomic E-state index is 4.49. The summed E-state index contributed by atoms with van der Waals surface area (Å²) in [6, 6.07) is 27.4. The summed E-state index contributed by atoms with van der Waals surface area (Å²) in [6.07, 6.45) is 2.05. The fraction of sp³-hybridized carbons (Fsp3) is 0.0435. The highest BCUT2D eigenvalue weighted by Gasteiger charge is 2.11. The first-order chi connectivity index (χ1) is 12.8. The van der Waals surface area contributed by atoms with Gasteiger partial charge in [-0.2, -0.15) is 0 Å². The smallest absolute Gasteiger partial charge is 0.168 e. The molecule has 26 heavy (non-hydrogen) atoms. The predicted octanol–water partition coefficient (Wildman–Crippen LogP) is 5.52. The second kappa shape index (κ2) is 5.81. The number of aromatic nitrogens is 3. The zero-order chi connectivity index (χ0) is 17.5. The molecule has 0 amide bonds. The number of aryl methyl sites for hydroxylation is 1. The zero-order valence-corrected chi connectivity index (χ0v) is 14.4. The van der Waals surface area contributed by atoms with E-state index in [4.69, 9.17) is 0 Å². The Hall–Kier alpha value is -3.46. The van der Waals surface area contributed by atoms with Crippen molar-refractivity contribution >= 4 is 16.4 Å². The lowest BCUT2D eigenvalue weighted by Crippen LogP contribution is -1.90. The van der Waals surface area contributed by atoms with Crippen molar-refractivity contribution < 1.29 is 0 Å². The molecule has 0 aliphatic rings. The fourth-order valence-electron chi connectivity index (χ4n) is 3.38. The number of hydrogen-bond donors (Lipinski definition) is 0. The average molecular weight is 335 g/mol. The first kappa shape index (κ1) is 14.8. The summed E-state index contributed by atoms with van der Waals surface area (Å²) in [7, 11) is 0. The van der Waals surface area contributed by atoms with Crippen LogP contribution in [0, 0.1) is 6.92 Å². The maximum absolute atomic E-state index is 4.49. The summed E-state index contributed by atoms with van der Waals surface area (Å²) in [4.78, 5) is 0. The molecule has 0 unspecified atom stereocenters. The highest BCUT2D eigenvalue weighted by atomic mass is 15.2. The Morgan fingerprint density at radius 3 is 2.27 bits per heavy atom. The Kier molecular flexibility index (Phi) is 3.32. The van der Waals surface area contributed by atoms with Crippen molar-refractivity contribution in [2.45, 2.75) is 6.92 Å². The van der Waals surface area contributed by atoms with Crippen LogP contribution in [0.25, 0.3) is 38.9 Å². The minimum Gasteiger partial charge on any atom is -0.282 e. The quantitative estimate of drug-likeness (QED) is 0.425. The van der Waals surface area contributed by atoms with Crippen LogP contribution >= 0.6 is 0 Å². The normalized spacial score (nSPS) is 11.3. The maximum Gasteiger partial charge on any atom is 0.168 e. The Bertz CT molecular complexity index is 1220. The average Bonchev–Trinajstić information content (AvgIpc) is 3.13. The number of nitrogens with zero attached hydrogens (tertiary/aromatic N) is 3. The Labute approximate surface area is 151 Å². The Morgan fingerprint density at radius 1 is 0.692 bits per heavy atom. The van der Waals surface area contributed by atoms with Gasteiger partial charge in [-0.15, -0.1) is 10.2 Å². The number of benzene rings is 3. The third-order valence-corrected chi connectivity index (χ3v) is 4.81. The van der Waals surface area contributed by atoms with Crippen molar-refractivity contribution in [3.63, 3.8) is 0 Å². The molecule has 2 heterocycles. The summed E-state index contributed by atoms with van der Waals surface area (Å²) in [6.45, 7) is 2.09. The predicted molar refractivity (Wildman–Crippen MR) is 106 cm³/mol. The second-order valence-electron chi connectivity index (χ2n) is 6.57. The molecule has 124 valence electrons. The molecule has 0 saturated carbocycles. The number of hydrogen-bond acceptors (Lipinski definition) is 2. The van der Waals surface area contributed by atoms with Gasteiger partial charge in [-0.25, -0.2) is 0 Å². The molecule has 0 aliphatic carbocycles. The highest BCUT2D eigenvalue weighted by molar-refractivity contribution is 5.97. The molecule has 0 bridgehead atoms. The van der Waals surface area contributed by atoms with Gasteiger partial charge < -0.3 is 0 Å². The number of fused-ring (bicyclic) bond motifs is 3. The van der Waals surface area contributed by atoms with Crippen LogP contribution in [0.4, 0.5) is 0 Å². The summed E-state index contributed by atoms with van der Waals surface area (Å²) in [5, 5.41) is 11.2. The van der Waals surface area contributed by atoms with Crippen molar-refractivity contribution in [3.05, 3.63) is 90.6 Å². The van der Waals surface area contributed by atoms with Gasteiger partial charge in [0.2, 0.25) is 0 Å². The van der Waals surface area contributed by atoms with E-state index in [0.29, 0.717) is 0 Å². The first-order valence-corrected chi connectivity index (χ1v) is 8.69. The molecule has 0 radical (unpaired) electrons. The molecule has 2 aromatic heterocycles. The molecular weight excluding hydrogens is 318 g/mol. The van der Waals surface area contributed by atoms with E-state index in [1.165, 1.54) is 22.1 Å². The lowest BCUT2D eigenvalue weighted by atomic mass is 10.0. The molecule has 0 N–H and O–H groups in total. The first-order valence-electron chi connectivity index (χ1n) is 8.69. The number of pyridine rings is 1. The monoisotopic (exact) mass is 335 g/mol. The van der Waals surface area contributed by atoms with E-state index >= 15 is 0 Å². The minimum absolute atomic E-state index is 0.868. The SMILES string of the molecule is Cc1ccc(-c2nnc3c4cc(-c5ccccc5)ccc4ccn23)cc1. The lowest BCUT2D eigenvalue weighted by molar-refractivity contribution is 1.11. The van der Waals surface area contributed by atoms with Gasteiger partial charge in [-0.05, 0) is 35.6 Å². The molecule has 5 rings (SSSR count). The van der Waals surface area contributed by atoms with Crippen molar-refractivity contribution in [1.82, 2.24) is 14.6 Å². The molecular formula is C23H17N3. The minimum atomic E-state index is 0.868. The van der Waals surface area contributed by atoms with Crippen LogP contribution in [-0.4, -0.2) is 14.6 Å². The molecule has 0 fully saturated rings. The zero-order valence-electron chi connectivity index (χ0n) is 14.4. The van der Waals surface area contributed by atoms with Gasteiger partial charge in [0.15, 0.2) is 11.5 Å². The summed E-state index contributed by atoms with van der Waals surface area (Å²) < 4.78 is 2.07. The summed E-state index contributed by atoms with van der Waals surface area (Å²) in [5.41, 5.74) is 5.58. The highest BCUT2D eigenvalue weighted by Crippen LogP contribution is 2.28. The van der Waals surface area contributed by atoms with Gasteiger partial charge in [-0.1, -0.05) is 72.3 Å². The van der Waals surface area contributed by atoms with Gasteiger partial charge >= 0.3 is 0 Å². The van der Waals surface area contributed by atoms with Gasteiger partial charge in [0.25, 0.3) is 0 Å². The second-order valence-corrected chi connectivity index (χ2v) is 6.57. The standard InChI is InChI=1S/C23H17N3/c1-16-7-9-19(10-8-16)22-24-25-23-21-15-20(17-5-3-2-4-6-17)12-11-18(21)13-14-26(22)23/h2-15H,1H3. The largest absolute Gasteiger partial charge is 0.282 e. The molecule has 3 aromatic carbocycles. The summed E-state index contributed by atoms with van der Waals surface area (Å²) >= 11 is 0. The topological polar surface area (TPSA) is 30.2 Å². The molecule has 0 saturated heterocycles. The van der Waals surface area contributed by atoms with E-state index in [9.17, 15) is 0 Å². The van der Waals surface area contributed by atoms with Crippen LogP contribution in [0.2, 0.25) is 0 Å². The van der Waals surface area contributed by atoms with Gasteiger partial charge in [-0.3, -0.25) is 4.40 Å². The van der Waals surface area contributed by atoms with Crippen LogP contribution < -0.4 is 0 Å². The molecule has 5 aromatic rings. The number of rotatable bonds is 2. The van der Waals surface area contributed by atoms with Crippen molar-refractivity contribution in [2.75, 3.05) is 0 Å². The van der Waals surface area contributed by atoms with E-state index in [-0.39, 0.29) is 0 Å². The van der Waals surface area contributed by atoms with E-state index < -0.39 is 0 Å². The van der Waals surface area contributed by atoms with Crippen molar-refractivity contribution in [1.29, 1.82) is 0 Å². The van der Waals surface area contributed by atoms with Gasteiger partial charge in [0.05, 0.1) is 0 Å². The van der Waals surface area contributed by atoms with E-state index in [2.05, 4.69) is 101 Å². The molecule has 3 heteroatoms. The lowest BCUT2D eigenvalue weighted by Gasteiger charge is -2.06. The van der Waals surface area contributed by atoms with Gasteiger partial charge in [0.1, 0.15) is 0 Å². The Balaban J connectivity index is 1.73.